The predicted octanol–water partition coefficient (Wildman–Crippen LogP) is 24.4. The first-order valence-electron chi connectivity index (χ1n) is 42.3. The molecule has 0 radical (unpaired) electrons. The van der Waals surface area contributed by atoms with Gasteiger partial charge in [-0.15, -0.1) is 0 Å². The smallest absolute Gasteiger partial charge is 0.462 e. The van der Waals surface area contributed by atoms with Crippen LogP contribution in [-0.2, 0) is 65.4 Å². The minimum absolute atomic E-state index is 0.104. The van der Waals surface area contributed by atoms with Gasteiger partial charge in [0.05, 0.1) is 26.4 Å². The van der Waals surface area contributed by atoms with Gasteiger partial charge in [0, 0.05) is 25.7 Å². The molecule has 19 heteroatoms. The molecule has 0 bridgehead atoms. The van der Waals surface area contributed by atoms with Gasteiger partial charge in [-0.3, -0.25) is 37.3 Å². The maximum Gasteiger partial charge on any atom is 0.472 e. The number of carbonyl (C=O) groups excluding carboxylic acids is 4. The molecule has 3 N–H and O–H groups in total. The lowest BCUT2D eigenvalue weighted by Gasteiger charge is -2.21. The van der Waals surface area contributed by atoms with Gasteiger partial charge in [-0.25, -0.2) is 9.13 Å². The van der Waals surface area contributed by atoms with Crippen molar-refractivity contribution in [3.05, 3.63) is 0 Å². The summed E-state index contributed by atoms with van der Waals surface area (Å²) in [5.41, 5.74) is 0. The average molecular weight is 1480 g/mol. The fourth-order valence-corrected chi connectivity index (χ4v) is 14.1. The van der Waals surface area contributed by atoms with E-state index in [9.17, 15) is 43.2 Å². The number of ether oxygens (including phenoxy) is 4. The van der Waals surface area contributed by atoms with Crippen LogP contribution in [0.4, 0.5) is 0 Å². The topological polar surface area (TPSA) is 237 Å². The van der Waals surface area contributed by atoms with Gasteiger partial charge in [-0.2, -0.15) is 0 Å². The summed E-state index contributed by atoms with van der Waals surface area (Å²) in [7, 11) is -9.92. The van der Waals surface area contributed by atoms with Crippen LogP contribution >= 0.6 is 15.6 Å². The number of aliphatic hydroxyl groups is 1. The van der Waals surface area contributed by atoms with Gasteiger partial charge in [0.1, 0.15) is 19.3 Å². The van der Waals surface area contributed by atoms with Gasteiger partial charge in [0.2, 0.25) is 0 Å². The highest BCUT2D eigenvalue weighted by Gasteiger charge is 2.30. The Labute approximate surface area is 619 Å². The molecule has 0 aromatic rings. The van der Waals surface area contributed by atoms with Gasteiger partial charge >= 0.3 is 39.5 Å². The summed E-state index contributed by atoms with van der Waals surface area (Å²) in [6.07, 6.45) is 58.3. The van der Waals surface area contributed by atoms with E-state index in [1.165, 1.54) is 218 Å². The molecule has 0 aliphatic carbocycles. The number of phosphoric ester groups is 2. The first kappa shape index (κ1) is 99.1. The second-order valence-corrected chi connectivity index (χ2v) is 33.6. The number of carbonyl (C=O) groups is 4. The maximum atomic E-state index is 13.1. The van der Waals surface area contributed by atoms with Crippen molar-refractivity contribution >= 4 is 39.5 Å². The summed E-state index contributed by atoms with van der Waals surface area (Å²) < 4.78 is 68.7. The molecule has 0 aliphatic heterocycles. The highest BCUT2D eigenvalue weighted by Crippen LogP contribution is 2.45. The van der Waals surface area contributed by atoms with E-state index in [0.717, 1.165) is 120 Å². The SMILES string of the molecule is CCC(C)CCCCCCCCCCCCCCCCC(=O)OC[C@H](COP(=O)(O)OC[C@@H](O)COP(=O)(O)OC[C@@H](COC(=O)CCCCCCCCC(C)CC)OC(=O)CCCCCCCCCCC(C)CC)OC(=O)CCCCCCCCCCCCCCCCCCCCC(C)C. The van der Waals surface area contributed by atoms with Gasteiger partial charge in [0.15, 0.2) is 12.2 Å². The van der Waals surface area contributed by atoms with Crippen molar-refractivity contribution in [1.29, 1.82) is 0 Å². The molecule has 0 heterocycles. The second kappa shape index (κ2) is 71.0. The summed E-state index contributed by atoms with van der Waals surface area (Å²) in [4.78, 5) is 73.0. The Morgan fingerprint density at radius 1 is 0.277 bits per heavy atom. The van der Waals surface area contributed by atoms with E-state index in [0.29, 0.717) is 25.7 Å². The Morgan fingerprint density at radius 2 is 0.475 bits per heavy atom. The van der Waals surface area contributed by atoms with E-state index in [2.05, 4.69) is 55.4 Å². The summed E-state index contributed by atoms with van der Waals surface area (Å²) >= 11 is 0. The summed E-state index contributed by atoms with van der Waals surface area (Å²) in [6, 6.07) is 0. The third kappa shape index (κ3) is 72.1. The second-order valence-electron chi connectivity index (χ2n) is 30.7. The minimum atomic E-state index is -4.96. The fraction of sp³-hybridized carbons (Fsp3) is 0.951. The van der Waals surface area contributed by atoms with E-state index in [-0.39, 0.29) is 25.7 Å². The van der Waals surface area contributed by atoms with E-state index < -0.39 is 97.5 Å². The first-order chi connectivity index (χ1) is 48.7. The zero-order valence-corrected chi connectivity index (χ0v) is 68.3. The van der Waals surface area contributed by atoms with Crippen LogP contribution in [0.5, 0.6) is 0 Å². The number of aliphatic hydroxyl groups excluding tert-OH is 1. The van der Waals surface area contributed by atoms with Gasteiger partial charge < -0.3 is 33.8 Å². The Morgan fingerprint density at radius 3 is 0.703 bits per heavy atom. The molecule has 0 saturated carbocycles. The molecule has 0 aliphatic rings. The average Bonchev–Trinajstić information content (AvgIpc) is 1.12. The summed E-state index contributed by atoms with van der Waals surface area (Å²) in [5.74, 6) is 1.05. The summed E-state index contributed by atoms with van der Waals surface area (Å²) in [5, 5.41) is 10.6. The minimum Gasteiger partial charge on any atom is -0.462 e. The van der Waals surface area contributed by atoms with Crippen molar-refractivity contribution < 1.29 is 80.2 Å². The maximum absolute atomic E-state index is 13.1. The summed E-state index contributed by atoms with van der Waals surface area (Å²) in [6.45, 7) is 14.3. The molecule has 0 saturated heterocycles. The lowest BCUT2D eigenvalue weighted by atomic mass is 9.99. The van der Waals surface area contributed by atoms with Crippen molar-refractivity contribution in [3.63, 3.8) is 0 Å². The molecule has 5 unspecified atom stereocenters. The molecule has 8 atom stereocenters. The highest BCUT2D eigenvalue weighted by molar-refractivity contribution is 7.47. The van der Waals surface area contributed by atoms with Crippen LogP contribution in [0.15, 0.2) is 0 Å². The third-order valence-corrected chi connectivity index (χ3v) is 22.1. The molecular formula is C82H160O17P2. The van der Waals surface area contributed by atoms with Crippen LogP contribution < -0.4 is 0 Å². The van der Waals surface area contributed by atoms with Crippen LogP contribution in [0.2, 0.25) is 0 Å². The number of esters is 4. The van der Waals surface area contributed by atoms with E-state index in [4.69, 9.17) is 37.0 Å². The normalized spacial score (nSPS) is 14.8. The Kier molecular flexibility index (Phi) is 69.6. The predicted molar refractivity (Wildman–Crippen MR) is 414 cm³/mol. The number of rotatable bonds is 79. The molecule has 0 aromatic carbocycles. The van der Waals surface area contributed by atoms with Crippen LogP contribution in [0.3, 0.4) is 0 Å². The van der Waals surface area contributed by atoms with Crippen LogP contribution in [-0.4, -0.2) is 96.7 Å². The number of hydrogen-bond donors (Lipinski definition) is 3. The molecule has 0 rings (SSSR count). The fourth-order valence-electron chi connectivity index (χ4n) is 12.5. The molecule has 0 amide bonds. The van der Waals surface area contributed by atoms with E-state index in [1.54, 1.807) is 0 Å². The van der Waals surface area contributed by atoms with Crippen LogP contribution in [0.1, 0.15) is 421 Å². The first-order valence-corrected chi connectivity index (χ1v) is 45.3. The van der Waals surface area contributed by atoms with Crippen molar-refractivity contribution in [2.75, 3.05) is 39.6 Å². The molecule has 600 valence electrons. The molecular weight excluding hydrogens is 1320 g/mol. The van der Waals surface area contributed by atoms with Gasteiger partial charge in [-0.1, -0.05) is 370 Å². The molecule has 0 aromatic heterocycles. The van der Waals surface area contributed by atoms with Crippen LogP contribution in [0, 0.1) is 23.7 Å². The number of phosphoric acid groups is 2. The standard InChI is InChI=1S/C82H160O17P2/c1-9-73(6)59-51-43-35-29-25-21-18-19-22-26-30-37-46-54-62-79(84)92-68-77(98-81(86)64-56-48-38-31-27-23-17-15-13-12-14-16-20-24-28-34-42-50-58-72(4)5)70-96-100(88,89)94-66-76(83)67-95-101(90,91)97-71-78(69-93-80(85)63-55-47-41-40-45-53-61-75(8)11-3)99-82(87)65-57-49-39-33-32-36-44-52-60-74(7)10-2/h72-78,83H,9-71H2,1-8H3,(H,88,89)(H,90,91)/t73?,74?,75?,76-,77-,78-/m1/s1. The lowest BCUT2D eigenvalue weighted by Crippen LogP contribution is -2.30. The molecule has 101 heavy (non-hydrogen) atoms. The highest BCUT2D eigenvalue weighted by atomic mass is 31.2. The van der Waals surface area contributed by atoms with Crippen molar-refractivity contribution in [1.82, 2.24) is 0 Å². The molecule has 0 spiro atoms. The molecule has 0 fully saturated rings. The van der Waals surface area contributed by atoms with Gasteiger partial charge in [0.25, 0.3) is 0 Å². The molecule has 17 nitrogen and oxygen atoms in total. The van der Waals surface area contributed by atoms with Crippen molar-refractivity contribution in [2.24, 2.45) is 23.7 Å². The lowest BCUT2D eigenvalue weighted by molar-refractivity contribution is -0.161. The van der Waals surface area contributed by atoms with Crippen molar-refractivity contribution in [3.8, 4) is 0 Å². The van der Waals surface area contributed by atoms with E-state index in [1.807, 2.05) is 0 Å². The van der Waals surface area contributed by atoms with Crippen molar-refractivity contribution in [2.45, 2.75) is 440 Å². The Balaban J connectivity index is 5.23. The monoisotopic (exact) mass is 1480 g/mol. The number of unbranched alkanes of at least 4 members (excludes halogenated alkanes) is 42. The zero-order chi connectivity index (χ0) is 74.6. The van der Waals surface area contributed by atoms with Crippen LogP contribution in [0.25, 0.3) is 0 Å². The van der Waals surface area contributed by atoms with Gasteiger partial charge in [-0.05, 0) is 49.4 Å². The zero-order valence-electron chi connectivity index (χ0n) is 66.5. The number of hydrogen-bond acceptors (Lipinski definition) is 15. The Bertz CT molecular complexity index is 1980. The van der Waals surface area contributed by atoms with E-state index >= 15 is 0 Å². The largest absolute Gasteiger partial charge is 0.472 e. The third-order valence-electron chi connectivity index (χ3n) is 20.2. The Hall–Kier alpha value is -1.94. The quantitative estimate of drug-likeness (QED) is 0.0222.